The Bertz CT molecular complexity index is 905. The number of nitrogens with zero attached hydrogens (tertiary/aromatic N) is 1. The van der Waals surface area contributed by atoms with Crippen LogP contribution in [0.15, 0.2) is 40.9 Å². The Morgan fingerprint density at radius 2 is 1.46 bits per heavy atom. The highest BCUT2D eigenvalue weighted by Crippen LogP contribution is 2.50. The normalized spacial score (nSPS) is 10.5. The molecule has 7 heteroatoms. The Balaban J connectivity index is 2.13. The molecule has 1 aromatic heterocycles. The van der Waals surface area contributed by atoms with Gasteiger partial charge in [-0.3, -0.25) is 0 Å². The lowest BCUT2D eigenvalue weighted by atomic mass is 10.1. The molecule has 6 nitrogen and oxygen atoms in total. The van der Waals surface area contributed by atoms with E-state index < -0.39 is 0 Å². The van der Waals surface area contributed by atoms with Gasteiger partial charge in [0.1, 0.15) is 5.69 Å². The fourth-order valence-corrected chi connectivity index (χ4v) is 2.80. The zero-order valence-corrected chi connectivity index (χ0v) is 15.6. The summed E-state index contributed by atoms with van der Waals surface area (Å²) in [6.07, 6.45) is 0. The van der Waals surface area contributed by atoms with Crippen molar-refractivity contribution in [1.29, 1.82) is 0 Å². The van der Waals surface area contributed by atoms with Crippen LogP contribution in [0, 0.1) is 0 Å². The molecule has 0 spiro atoms. The summed E-state index contributed by atoms with van der Waals surface area (Å²) < 4.78 is 27.3. The van der Waals surface area contributed by atoms with E-state index in [1.807, 2.05) is 18.2 Å². The minimum Gasteiger partial charge on any atom is -0.493 e. The van der Waals surface area contributed by atoms with Crippen molar-refractivity contribution < 1.29 is 23.5 Å². The van der Waals surface area contributed by atoms with Gasteiger partial charge in [-0.1, -0.05) is 16.8 Å². The number of benzene rings is 2. The molecule has 136 valence electrons. The summed E-state index contributed by atoms with van der Waals surface area (Å²) in [6, 6.07) is 10.9. The molecule has 0 saturated carbocycles. The van der Waals surface area contributed by atoms with Crippen molar-refractivity contribution >= 4 is 11.6 Å². The van der Waals surface area contributed by atoms with Crippen LogP contribution in [0.4, 0.5) is 0 Å². The smallest absolute Gasteiger partial charge is 0.207 e. The van der Waals surface area contributed by atoms with Gasteiger partial charge in [0.15, 0.2) is 17.3 Å². The third kappa shape index (κ3) is 3.15. The lowest BCUT2D eigenvalue weighted by Crippen LogP contribution is -1.99. The topological polar surface area (TPSA) is 63.0 Å². The Morgan fingerprint density at radius 1 is 0.808 bits per heavy atom. The standard InChI is InChI=1S/C19H18ClNO5/c1-22-16-9-13(17(23-2)19(25-4)18(16)24-3)14-10-15(26-21-14)11-5-7-12(20)8-6-11/h5-10H,1-4H3. The number of halogens is 1. The fourth-order valence-electron chi connectivity index (χ4n) is 2.68. The van der Waals surface area contributed by atoms with Crippen LogP contribution in [-0.2, 0) is 0 Å². The molecule has 3 rings (SSSR count). The van der Waals surface area contributed by atoms with Crippen LogP contribution in [0.25, 0.3) is 22.6 Å². The molecule has 0 aliphatic carbocycles. The first-order valence-electron chi connectivity index (χ1n) is 7.72. The van der Waals surface area contributed by atoms with Crippen molar-refractivity contribution in [1.82, 2.24) is 5.16 Å². The second-order valence-corrected chi connectivity index (χ2v) is 5.75. The van der Waals surface area contributed by atoms with E-state index >= 15 is 0 Å². The van der Waals surface area contributed by atoms with Crippen molar-refractivity contribution in [2.24, 2.45) is 0 Å². The number of methoxy groups -OCH3 is 4. The van der Waals surface area contributed by atoms with E-state index in [1.54, 1.807) is 32.4 Å². The van der Waals surface area contributed by atoms with Crippen LogP contribution in [0.5, 0.6) is 23.0 Å². The van der Waals surface area contributed by atoms with Crippen LogP contribution in [0.2, 0.25) is 5.02 Å². The highest BCUT2D eigenvalue weighted by Gasteiger charge is 2.24. The first-order chi connectivity index (χ1) is 12.6. The molecule has 0 saturated heterocycles. The number of ether oxygens (including phenoxy) is 4. The predicted molar refractivity (Wildman–Crippen MR) is 98.6 cm³/mol. The van der Waals surface area contributed by atoms with Crippen LogP contribution in [0.3, 0.4) is 0 Å². The molecule has 0 amide bonds. The summed E-state index contributed by atoms with van der Waals surface area (Å²) in [5, 5.41) is 4.81. The van der Waals surface area contributed by atoms with Gasteiger partial charge in [-0.2, -0.15) is 0 Å². The molecule has 0 aliphatic rings. The Kier molecular flexibility index (Phi) is 5.23. The molecular formula is C19H18ClNO5. The molecule has 0 atom stereocenters. The number of hydrogen-bond acceptors (Lipinski definition) is 6. The minimum absolute atomic E-state index is 0.417. The summed E-state index contributed by atoms with van der Waals surface area (Å²) >= 11 is 5.93. The molecule has 0 N–H and O–H groups in total. The molecule has 0 bridgehead atoms. The van der Waals surface area contributed by atoms with Gasteiger partial charge in [-0.05, 0) is 30.3 Å². The van der Waals surface area contributed by atoms with E-state index in [4.69, 9.17) is 35.1 Å². The maximum absolute atomic E-state index is 5.93. The van der Waals surface area contributed by atoms with Gasteiger partial charge in [0.05, 0.1) is 34.0 Å². The molecule has 0 aliphatic heterocycles. The minimum atomic E-state index is 0.417. The van der Waals surface area contributed by atoms with Crippen LogP contribution in [0.1, 0.15) is 0 Å². The summed E-state index contributed by atoms with van der Waals surface area (Å²) in [7, 11) is 6.17. The molecule has 3 aromatic rings. The fraction of sp³-hybridized carbons (Fsp3) is 0.211. The molecule has 2 aromatic carbocycles. The van der Waals surface area contributed by atoms with E-state index in [9.17, 15) is 0 Å². The second kappa shape index (κ2) is 7.58. The van der Waals surface area contributed by atoms with E-state index in [1.165, 1.54) is 14.2 Å². The van der Waals surface area contributed by atoms with Gasteiger partial charge in [-0.25, -0.2) is 0 Å². The third-order valence-electron chi connectivity index (χ3n) is 3.90. The van der Waals surface area contributed by atoms with Crippen molar-refractivity contribution in [3.05, 3.63) is 41.4 Å². The van der Waals surface area contributed by atoms with Gasteiger partial charge < -0.3 is 23.5 Å². The highest BCUT2D eigenvalue weighted by atomic mass is 35.5. The van der Waals surface area contributed by atoms with Crippen molar-refractivity contribution in [2.45, 2.75) is 0 Å². The summed E-state index contributed by atoms with van der Waals surface area (Å²) in [6.45, 7) is 0. The van der Waals surface area contributed by atoms with E-state index in [-0.39, 0.29) is 0 Å². The molecule has 1 heterocycles. The molecule has 0 unspecified atom stereocenters. The van der Waals surface area contributed by atoms with E-state index in [0.717, 1.165) is 5.56 Å². The van der Waals surface area contributed by atoms with Gasteiger partial charge in [-0.15, -0.1) is 0 Å². The largest absolute Gasteiger partial charge is 0.493 e. The van der Waals surface area contributed by atoms with Gasteiger partial charge >= 0.3 is 0 Å². The quantitative estimate of drug-likeness (QED) is 0.622. The van der Waals surface area contributed by atoms with Gasteiger partial charge in [0, 0.05) is 16.7 Å². The molecule has 0 radical (unpaired) electrons. The molecule has 26 heavy (non-hydrogen) atoms. The first-order valence-corrected chi connectivity index (χ1v) is 8.10. The average molecular weight is 376 g/mol. The predicted octanol–water partition coefficient (Wildman–Crippen LogP) is 4.70. The summed E-state index contributed by atoms with van der Waals surface area (Å²) in [5.41, 5.74) is 2.09. The Hall–Kier alpha value is -2.86. The zero-order chi connectivity index (χ0) is 18.7. The SMILES string of the molecule is COc1cc(-c2cc(-c3ccc(Cl)cc3)on2)c(OC)c(OC)c1OC. The maximum Gasteiger partial charge on any atom is 0.207 e. The van der Waals surface area contributed by atoms with Crippen molar-refractivity contribution in [2.75, 3.05) is 28.4 Å². The number of rotatable bonds is 6. The second-order valence-electron chi connectivity index (χ2n) is 5.31. The van der Waals surface area contributed by atoms with Crippen molar-refractivity contribution in [3.8, 4) is 45.6 Å². The van der Waals surface area contributed by atoms with Crippen LogP contribution >= 0.6 is 11.6 Å². The monoisotopic (exact) mass is 375 g/mol. The molecule has 0 fully saturated rings. The summed E-state index contributed by atoms with van der Waals surface area (Å²) in [4.78, 5) is 0. The van der Waals surface area contributed by atoms with Crippen LogP contribution in [-0.4, -0.2) is 33.6 Å². The third-order valence-corrected chi connectivity index (χ3v) is 4.16. The number of aromatic nitrogens is 1. The first kappa shape index (κ1) is 17.9. The van der Waals surface area contributed by atoms with Gasteiger partial charge in [0.2, 0.25) is 11.5 Å². The maximum atomic E-state index is 5.93. The zero-order valence-electron chi connectivity index (χ0n) is 14.8. The van der Waals surface area contributed by atoms with Crippen LogP contribution < -0.4 is 18.9 Å². The highest BCUT2D eigenvalue weighted by molar-refractivity contribution is 6.30. The number of hydrogen-bond donors (Lipinski definition) is 0. The lowest BCUT2D eigenvalue weighted by Gasteiger charge is -2.17. The Labute approximate surface area is 156 Å². The van der Waals surface area contributed by atoms with Gasteiger partial charge in [0.25, 0.3) is 0 Å². The van der Waals surface area contributed by atoms with Crippen molar-refractivity contribution in [3.63, 3.8) is 0 Å². The average Bonchev–Trinajstić information content (AvgIpc) is 3.16. The molecular weight excluding hydrogens is 358 g/mol. The Morgan fingerprint density at radius 3 is 2.04 bits per heavy atom. The lowest BCUT2D eigenvalue weighted by molar-refractivity contribution is 0.306. The van der Waals surface area contributed by atoms with E-state index in [2.05, 4.69) is 5.16 Å². The summed E-state index contributed by atoms with van der Waals surface area (Å²) in [5.74, 6) is 2.43. The van der Waals surface area contributed by atoms with E-state index in [0.29, 0.717) is 45.0 Å².